The summed E-state index contributed by atoms with van der Waals surface area (Å²) >= 11 is 0. The van der Waals surface area contributed by atoms with Crippen molar-refractivity contribution in [2.75, 3.05) is 47.4 Å². The quantitative estimate of drug-likeness (QED) is 0.430. The Labute approximate surface area is 226 Å². The van der Waals surface area contributed by atoms with Gasteiger partial charge in [-0.25, -0.2) is 4.79 Å². The van der Waals surface area contributed by atoms with Crippen LogP contribution in [0.1, 0.15) is 49.3 Å². The standard InChI is InChI=1S/C30H40N4O4/c1-33(16-14-26-23-10-11-24(26)20-34(19-23)30(32)35)15-4-5-27(22-8-6-21(18-31)7-9-22)38-25-12-13-28(36-2)29(17-25)37-3/h6-9,12-13,17,23-24,26-27H,4-5,10-11,14-16,19-20H2,1-3H3,(H2,32,35). The first-order chi connectivity index (χ1) is 18.4. The maximum Gasteiger partial charge on any atom is 0.314 e. The zero-order valence-corrected chi connectivity index (χ0v) is 22.8. The molecule has 1 aliphatic carbocycles. The van der Waals surface area contributed by atoms with Gasteiger partial charge < -0.3 is 29.7 Å². The van der Waals surface area contributed by atoms with Crippen LogP contribution >= 0.6 is 0 Å². The Bertz CT molecular complexity index is 1100. The fourth-order valence-electron chi connectivity index (χ4n) is 6.13. The SMILES string of the molecule is COc1ccc(OC(CCCN(C)CCC2C3CCC2CN(C(N)=O)C3)c2ccc(C#N)cc2)cc1OC. The first-order valence-corrected chi connectivity index (χ1v) is 13.5. The van der Waals surface area contributed by atoms with Crippen molar-refractivity contribution in [1.29, 1.82) is 5.26 Å². The zero-order chi connectivity index (χ0) is 27.1. The highest BCUT2D eigenvalue weighted by Gasteiger charge is 2.42. The number of rotatable bonds is 12. The van der Waals surface area contributed by atoms with Gasteiger partial charge in [0.1, 0.15) is 11.9 Å². The molecule has 0 spiro atoms. The molecule has 3 unspecified atom stereocenters. The van der Waals surface area contributed by atoms with E-state index in [9.17, 15) is 10.1 Å². The first kappa shape index (κ1) is 27.6. The molecule has 2 aliphatic rings. The first-order valence-electron chi connectivity index (χ1n) is 13.5. The minimum atomic E-state index is -0.274. The molecular weight excluding hydrogens is 480 g/mol. The lowest BCUT2D eigenvalue weighted by Crippen LogP contribution is -2.47. The third-order valence-electron chi connectivity index (χ3n) is 8.24. The average Bonchev–Trinajstić information content (AvgIpc) is 3.16. The molecule has 204 valence electrons. The van der Waals surface area contributed by atoms with E-state index in [0.717, 1.165) is 44.6 Å². The highest BCUT2D eigenvalue weighted by Crippen LogP contribution is 2.43. The molecule has 8 nitrogen and oxygen atoms in total. The van der Waals surface area contributed by atoms with Crippen molar-refractivity contribution in [2.45, 2.75) is 38.2 Å². The van der Waals surface area contributed by atoms with E-state index < -0.39 is 0 Å². The number of carbonyl (C=O) groups excluding carboxylic acids is 1. The lowest BCUT2D eigenvalue weighted by atomic mass is 9.82. The van der Waals surface area contributed by atoms with Crippen LogP contribution in [0.15, 0.2) is 42.5 Å². The number of likely N-dealkylation sites (tertiary alicyclic amines) is 1. The van der Waals surface area contributed by atoms with Gasteiger partial charge in [0, 0.05) is 19.2 Å². The third-order valence-corrected chi connectivity index (χ3v) is 8.24. The Morgan fingerprint density at radius 3 is 2.37 bits per heavy atom. The number of methoxy groups -OCH3 is 2. The van der Waals surface area contributed by atoms with Crippen molar-refractivity contribution in [1.82, 2.24) is 9.80 Å². The molecule has 2 aromatic carbocycles. The molecule has 2 bridgehead atoms. The van der Waals surface area contributed by atoms with Gasteiger partial charge in [0.2, 0.25) is 0 Å². The molecule has 4 rings (SSSR count). The molecule has 2 amide bonds. The van der Waals surface area contributed by atoms with Crippen molar-refractivity contribution in [3.05, 3.63) is 53.6 Å². The van der Waals surface area contributed by atoms with Crippen LogP contribution in [0.4, 0.5) is 4.79 Å². The number of amides is 2. The number of hydrogen-bond donors (Lipinski definition) is 1. The minimum absolute atomic E-state index is 0.150. The second-order valence-corrected chi connectivity index (χ2v) is 10.6. The van der Waals surface area contributed by atoms with Crippen LogP contribution in [0.3, 0.4) is 0 Å². The highest BCUT2D eigenvalue weighted by atomic mass is 16.5. The molecule has 2 N–H and O–H groups in total. The third kappa shape index (κ3) is 6.70. The van der Waals surface area contributed by atoms with Gasteiger partial charge in [-0.2, -0.15) is 5.26 Å². The number of benzene rings is 2. The molecule has 3 atom stereocenters. The van der Waals surface area contributed by atoms with E-state index in [-0.39, 0.29) is 12.1 Å². The van der Waals surface area contributed by atoms with Crippen molar-refractivity contribution >= 4 is 6.03 Å². The van der Waals surface area contributed by atoms with Gasteiger partial charge in [0.05, 0.1) is 25.9 Å². The van der Waals surface area contributed by atoms with E-state index in [1.165, 1.54) is 19.3 Å². The number of hydrogen-bond acceptors (Lipinski definition) is 6. The molecule has 1 aliphatic heterocycles. The molecule has 0 radical (unpaired) electrons. The lowest BCUT2D eigenvalue weighted by molar-refractivity contribution is 0.115. The van der Waals surface area contributed by atoms with Crippen LogP contribution in [0, 0.1) is 29.1 Å². The number of piperidine rings is 1. The number of nitriles is 1. The molecule has 0 aromatic heterocycles. The summed E-state index contributed by atoms with van der Waals surface area (Å²) in [6, 6.07) is 15.1. The largest absolute Gasteiger partial charge is 0.493 e. The van der Waals surface area contributed by atoms with E-state index >= 15 is 0 Å². The predicted molar refractivity (Wildman–Crippen MR) is 146 cm³/mol. The molecule has 1 heterocycles. The van der Waals surface area contributed by atoms with Gasteiger partial charge in [-0.1, -0.05) is 12.1 Å². The summed E-state index contributed by atoms with van der Waals surface area (Å²) in [7, 11) is 5.41. The fraction of sp³-hybridized carbons (Fsp3) is 0.533. The second-order valence-electron chi connectivity index (χ2n) is 10.6. The Kier molecular flexibility index (Phi) is 9.35. The molecule has 8 heteroatoms. The van der Waals surface area contributed by atoms with Crippen molar-refractivity contribution in [2.24, 2.45) is 23.5 Å². The van der Waals surface area contributed by atoms with Gasteiger partial charge >= 0.3 is 6.03 Å². The molecular formula is C30H40N4O4. The molecule has 38 heavy (non-hydrogen) atoms. The number of ether oxygens (including phenoxy) is 3. The molecule has 1 saturated heterocycles. The van der Waals surface area contributed by atoms with E-state index in [1.807, 2.05) is 47.4 Å². The van der Waals surface area contributed by atoms with Crippen LogP contribution in [0.2, 0.25) is 0 Å². The molecule has 2 aromatic rings. The Morgan fingerprint density at radius 1 is 1.08 bits per heavy atom. The average molecular weight is 521 g/mol. The molecule has 2 fully saturated rings. The normalized spacial score (nSPS) is 21.1. The summed E-state index contributed by atoms with van der Waals surface area (Å²) in [6.07, 6.45) is 5.25. The lowest BCUT2D eigenvalue weighted by Gasteiger charge is -2.37. The van der Waals surface area contributed by atoms with Gasteiger partial charge in [-0.05, 0) is 99.8 Å². The fourth-order valence-corrected chi connectivity index (χ4v) is 6.13. The van der Waals surface area contributed by atoms with E-state index in [4.69, 9.17) is 19.9 Å². The van der Waals surface area contributed by atoms with Gasteiger partial charge in [-0.15, -0.1) is 0 Å². The van der Waals surface area contributed by atoms with Crippen molar-refractivity contribution in [3.63, 3.8) is 0 Å². The van der Waals surface area contributed by atoms with E-state index in [0.29, 0.717) is 40.6 Å². The second kappa shape index (κ2) is 12.9. The monoisotopic (exact) mass is 520 g/mol. The van der Waals surface area contributed by atoms with E-state index in [2.05, 4.69) is 18.0 Å². The number of nitrogens with zero attached hydrogens (tertiary/aromatic N) is 3. The Balaban J connectivity index is 1.33. The molecule has 1 saturated carbocycles. The maximum atomic E-state index is 11.6. The Morgan fingerprint density at radius 2 is 1.76 bits per heavy atom. The number of urea groups is 1. The Hall–Kier alpha value is -3.44. The predicted octanol–water partition coefficient (Wildman–Crippen LogP) is 4.83. The summed E-state index contributed by atoms with van der Waals surface area (Å²) < 4.78 is 17.2. The van der Waals surface area contributed by atoms with Crippen LogP contribution in [-0.2, 0) is 0 Å². The number of fused-ring (bicyclic) bond motifs is 2. The van der Waals surface area contributed by atoms with E-state index in [1.54, 1.807) is 14.2 Å². The minimum Gasteiger partial charge on any atom is -0.493 e. The maximum absolute atomic E-state index is 11.6. The summed E-state index contributed by atoms with van der Waals surface area (Å²) in [5.74, 6) is 3.86. The van der Waals surface area contributed by atoms with Crippen LogP contribution in [0.5, 0.6) is 17.2 Å². The summed E-state index contributed by atoms with van der Waals surface area (Å²) in [5, 5.41) is 9.20. The zero-order valence-electron chi connectivity index (χ0n) is 22.8. The highest BCUT2D eigenvalue weighted by molar-refractivity contribution is 5.72. The van der Waals surface area contributed by atoms with Crippen molar-refractivity contribution < 1.29 is 19.0 Å². The summed E-state index contributed by atoms with van der Waals surface area (Å²) in [4.78, 5) is 15.9. The topological polar surface area (TPSA) is 101 Å². The van der Waals surface area contributed by atoms with Crippen molar-refractivity contribution in [3.8, 4) is 23.3 Å². The van der Waals surface area contributed by atoms with Gasteiger partial charge in [-0.3, -0.25) is 0 Å². The van der Waals surface area contributed by atoms with Crippen LogP contribution in [0.25, 0.3) is 0 Å². The van der Waals surface area contributed by atoms with Gasteiger partial charge in [0.15, 0.2) is 11.5 Å². The number of primary amides is 1. The summed E-state index contributed by atoms with van der Waals surface area (Å²) in [6.45, 7) is 3.66. The van der Waals surface area contributed by atoms with Gasteiger partial charge in [0.25, 0.3) is 0 Å². The van der Waals surface area contributed by atoms with Crippen LogP contribution < -0.4 is 19.9 Å². The van der Waals surface area contributed by atoms with Crippen LogP contribution in [-0.4, -0.2) is 63.3 Å². The summed E-state index contributed by atoms with van der Waals surface area (Å²) in [5.41, 5.74) is 7.22. The smallest absolute Gasteiger partial charge is 0.314 e. The number of carbonyl (C=O) groups is 1. The number of nitrogens with two attached hydrogens (primary N) is 1.